The first-order chi connectivity index (χ1) is 11.3. The number of terminal acetylenes is 1. The predicted molar refractivity (Wildman–Crippen MR) is 89.8 cm³/mol. The molecule has 1 atom stereocenters. The molecule has 1 aromatic heterocycles. The summed E-state index contributed by atoms with van der Waals surface area (Å²) in [6.07, 6.45) is 8.06. The molecule has 0 amide bonds. The van der Waals surface area contributed by atoms with Crippen LogP contribution in [0.5, 0.6) is 0 Å². The van der Waals surface area contributed by atoms with Crippen molar-refractivity contribution in [1.29, 1.82) is 0 Å². The van der Waals surface area contributed by atoms with Gasteiger partial charge in [-0.15, -0.1) is 6.42 Å². The number of benzene rings is 1. The van der Waals surface area contributed by atoms with E-state index in [-0.39, 0.29) is 0 Å². The van der Waals surface area contributed by atoms with Crippen molar-refractivity contribution in [2.45, 2.75) is 25.5 Å². The van der Waals surface area contributed by atoms with Gasteiger partial charge in [-0.1, -0.05) is 5.92 Å². The maximum Gasteiger partial charge on any atom is 0.0973 e. The molecule has 5 nitrogen and oxygen atoms in total. The van der Waals surface area contributed by atoms with Gasteiger partial charge in [0.1, 0.15) is 0 Å². The van der Waals surface area contributed by atoms with E-state index in [0.717, 1.165) is 34.6 Å². The van der Waals surface area contributed by atoms with E-state index >= 15 is 0 Å². The highest BCUT2D eigenvalue weighted by molar-refractivity contribution is 5.82. The van der Waals surface area contributed by atoms with E-state index in [9.17, 15) is 0 Å². The van der Waals surface area contributed by atoms with Crippen LogP contribution in [0.25, 0.3) is 10.9 Å². The molecule has 4 heterocycles. The van der Waals surface area contributed by atoms with Gasteiger partial charge in [0.05, 0.1) is 24.5 Å². The van der Waals surface area contributed by atoms with Crippen LogP contribution >= 0.6 is 0 Å². The van der Waals surface area contributed by atoms with Crippen LogP contribution in [-0.4, -0.2) is 47.5 Å². The first-order valence-electron chi connectivity index (χ1n) is 8.30. The van der Waals surface area contributed by atoms with Gasteiger partial charge in [-0.25, -0.2) is 0 Å². The molecule has 3 aliphatic heterocycles. The molecule has 5 heteroatoms. The van der Waals surface area contributed by atoms with Gasteiger partial charge in [-0.2, -0.15) is 5.10 Å². The van der Waals surface area contributed by atoms with E-state index in [1.54, 1.807) is 0 Å². The van der Waals surface area contributed by atoms with Crippen molar-refractivity contribution in [2.75, 3.05) is 26.4 Å². The predicted octanol–water partition coefficient (Wildman–Crippen LogP) is 1.70. The van der Waals surface area contributed by atoms with Gasteiger partial charge in [-0.05, 0) is 50.0 Å². The van der Waals surface area contributed by atoms with Gasteiger partial charge < -0.3 is 9.64 Å². The Morgan fingerprint density at radius 2 is 2.26 bits per heavy atom. The molecular weight excluding hydrogens is 288 g/mol. The zero-order valence-corrected chi connectivity index (χ0v) is 13.2. The van der Waals surface area contributed by atoms with Crippen LogP contribution in [-0.2, 0) is 11.3 Å². The van der Waals surface area contributed by atoms with E-state index in [1.165, 1.54) is 25.9 Å². The lowest BCUT2D eigenvalue weighted by Gasteiger charge is -2.45. The fourth-order valence-corrected chi connectivity index (χ4v) is 3.78. The Morgan fingerprint density at radius 3 is 3.00 bits per heavy atom. The Balaban J connectivity index is 1.31. The third-order valence-electron chi connectivity index (χ3n) is 5.15. The molecule has 0 spiro atoms. The van der Waals surface area contributed by atoms with Crippen LogP contribution in [0.2, 0.25) is 0 Å². The van der Waals surface area contributed by atoms with Gasteiger partial charge in [0.15, 0.2) is 0 Å². The molecule has 0 unspecified atom stereocenters. The number of rotatable bonds is 5. The summed E-state index contributed by atoms with van der Waals surface area (Å²) >= 11 is 0. The molecule has 2 N–H and O–H groups in total. The minimum absolute atomic E-state index is 0.528. The fraction of sp³-hybridized carbons (Fsp3) is 0.500. The number of ether oxygens (including phenoxy) is 1. The second-order valence-electron chi connectivity index (χ2n) is 6.52. The molecule has 0 aliphatic carbocycles. The maximum absolute atomic E-state index is 5.81. The molecule has 2 aromatic rings. The van der Waals surface area contributed by atoms with E-state index in [1.807, 2.05) is 18.2 Å². The summed E-state index contributed by atoms with van der Waals surface area (Å²) in [6.45, 7) is 4.81. The number of nitrogens with one attached hydrogen (secondary N) is 2. The van der Waals surface area contributed by atoms with Gasteiger partial charge in [0.2, 0.25) is 0 Å². The normalized spacial score (nSPS) is 26.5. The number of aromatic amines is 1. The van der Waals surface area contributed by atoms with Gasteiger partial charge in [-0.3, -0.25) is 10.4 Å². The van der Waals surface area contributed by atoms with E-state index in [0.29, 0.717) is 19.4 Å². The van der Waals surface area contributed by atoms with Gasteiger partial charge in [0.25, 0.3) is 0 Å². The topological polar surface area (TPSA) is 53.2 Å². The standard InChI is InChI=1S/C18H22N4O/c1-2-13-3-4-15-16(9-13)20-21-18(15)11-23-12-19-17-10-22-7-5-14(17)6-8-22/h1,3-4,9,14,17,19H,5-8,10-12H2,(H,20,21)/t17-/m1/s1. The Bertz CT molecular complexity index is 724. The summed E-state index contributed by atoms with van der Waals surface area (Å²) in [5.74, 6) is 3.45. The van der Waals surface area contributed by atoms with Crippen molar-refractivity contribution in [3.05, 3.63) is 29.5 Å². The van der Waals surface area contributed by atoms with Crippen LogP contribution in [0.3, 0.4) is 0 Å². The van der Waals surface area contributed by atoms with Crippen LogP contribution in [0.15, 0.2) is 18.2 Å². The first-order valence-corrected chi connectivity index (χ1v) is 8.30. The van der Waals surface area contributed by atoms with Gasteiger partial charge >= 0.3 is 0 Å². The van der Waals surface area contributed by atoms with Crippen molar-refractivity contribution in [3.8, 4) is 12.3 Å². The molecule has 3 aliphatic rings. The lowest BCUT2D eigenvalue weighted by Crippen LogP contribution is -2.56. The number of hydrogen-bond donors (Lipinski definition) is 2. The number of fused-ring (bicyclic) bond motifs is 4. The quantitative estimate of drug-likeness (QED) is 0.501. The van der Waals surface area contributed by atoms with Crippen LogP contribution in [0, 0.1) is 18.3 Å². The third-order valence-corrected chi connectivity index (χ3v) is 5.15. The Hall–Kier alpha value is -1.87. The number of piperidine rings is 3. The molecule has 3 saturated heterocycles. The molecule has 0 radical (unpaired) electrons. The number of hydrogen-bond acceptors (Lipinski definition) is 4. The van der Waals surface area contributed by atoms with E-state index in [2.05, 4.69) is 26.3 Å². The molecule has 0 saturated carbocycles. The molecular formula is C18H22N4O. The summed E-state index contributed by atoms with van der Waals surface area (Å²) in [5, 5.41) is 12.0. The van der Waals surface area contributed by atoms with Crippen molar-refractivity contribution >= 4 is 10.9 Å². The average Bonchev–Trinajstić information content (AvgIpc) is 3.02. The van der Waals surface area contributed by atoms with E-state index in [4.69, 9.17) is 11.2 Å². The smallest absolute Gasteiger partial charge is 0.0973 e. The highest BCUT2D eigenvalue weighted by Gasteiger charge is 2.33. The molecule has 2 bridgehead atoms. The summed E-state index contributed by atoms with van der Waals surface area (Å²) in [6, 6.07) is 6.44. The molecule has 1 aromatic carbocycles. The van der Waals surface area contributed by atoms with Crippen LogP contribution < -0.4 is 5.32 Å². The van der Waals surface area contributed by atoms with Crippen molar-refractivity contribution in [1.82, 2.24) is 20.4 Å². The second-order valence-corrected chi connectivity index (χ2v) is 6.52. The Morgan fingerprint density at radius 1 is 1.39 bits per heavy atom. The monoisotopic (exact) mass is 310 g/mol. The maximum atomic E-state index is 5.81. The lowest BCUT2D eigenvalue weighted by molar-refractivity contribution is 0.0343. The van der Waals surface area contributed by atoms with E-state index < -0.39 is 0 Å². The minimum Gasteiger partial charge on any atom is -0.360 e. The average molecular weight is 310 g/mol. The van der Waals surface area contributed by atoms with Crippen LogP contribution in [0.4, 0.5) is 0 Å². The number of H-pyrrole nitrogens is 1. The number of aromatic nitrogens is 2. The Kier molecular flexibility index (Phi) is 4.04. The summed E-state index contributed by atoms with van der Waals surface area (Å²) in [7, 11) is 0. The molecule has 120 valence electrons. The minimum atomic E-state index is 0.528. The third kappa shape index (κ3) is 2.98. The van der Waals surface area contributed by atoms with Crippen molar-refractivity contribution in [2.24, 2.45) is 5.92 Å². The largest absolute Gasteiger partial charge is 0.360 e. The fourth-order valence-electron chi connectivity index (χ4n) is 3.78. The lowest BCUT2D eigenvalue weighted by atomic mass is 9.84. The highest BCUT2D eigenvalue weighted by Crippen LogP contribution is 2.27. The van der Waals surface area contributed by atoms with Crippen molar-refractivity contribution < 1.29 is 4.74 Å². The Labute approximate surface area is 136 Å². The molecule has 5 rings (SSSR count). The van der Waals surface area contributed by atoms with Gasteiger partial charge in [0, 0.05) is 23.5 Å². The SMILES string of the molecule is C#Cc1ccc2c(COCN[C@@H]3CN4CCC3CC4)[nH]nc2c1. The van der Waals surface area contributed by atoms with Crippen LogP contribution in [0.1, 0.15) is 24.1 Å². The van der Waals surface area contributed by atoms with Crippen molar-refractivity contribution in [3.63, 3.8) is 0 Å². The highest BCUT2D eigenvalue weighted by atomic mass is 16.5. The summed E-state index contributed by atoms with van der Waals surface area (Å²) in [4.78, 5) is 2.54. The zero-order chi connectivity index (χ0) is 15.6. The summed E-state index contributed by atoms with van der Waals surface area (Å²) in [5.41, 5.74) is 2.74. The first kappa shape index (κ1) is 14.7. The summed E-state index contributed by atoms with van der Waals surface area (Å²) < 4.78 is 5.81. The zero-order valence-electron chi connectivity index (χ0n) is 13.2. The molecule has 23 heavy (non-hydrogen) atoms. The molecule has 3 fully saturated rings. The number of nitrogens with zero attached hydrogens (tertiary/aromatic N) is 2. The second kappa shape index (κ2) is 6.32.